The summed E-state index contributed by atoms with van der Waals surface area (Å²) in [6.45, 7) is 6.15. The lowest BCUT2D eigenvalue weighted by Crippen LogP contribution is -2.10. The maximum atomic E-state index is 10.1. The van der Waals surface area contributed by atoms with Gasteiger partial charge in [-0.05, 0) is 5.92 Å². The summed E-state index contributed by atoms with van der Waals surface area (Å²) < 4.78 is 10.3. The molecule has 1 N–H and O–H groups in total. The third kappa shape index (κ3) is 11.4. The molecule has 0 spiro atoms. The SMILES string of the molecule is CC(C)COCCOCCC(=O)O. The molecular formula is C9H18O4. The number of carboxylic acids is 1. The minimum absolute atomic E-state index is 0.0597. The third-order valence-corrected chi connectivity index (χ3v) is 1.28. The van der Waals surface area contributed by atoms with Crippen LogP contribution >= 0.6 is 0 Å². The van der Waals surface area contributed by atoms with Crippen LogP contribution in [-0.2, 0) is 14.3 Å². The van der Waals surface area contributed by atoms with E-state index in [0.717, 1.165) is 6.61 Å². The van der Waals surface area contributed by atoms with Crippen molar-refractivity contribution in [3.8, 4) is 0 Å². The Kier molecular flexibility index (Phi) is 7.63. The van der Waals surface area contributed by atoms with E-state index in [1.54, 1.807) is 0 Å². The van der Waals surface area contributed by atoms with Crippen LogP contribution in [0.4, 0.5) is 0 Å². The topological polar surface area (TPSA) is 55.8 Å². The first-order valence-corrected chi connectivity index (χ1v) is 4.50. The Labute approximate surface area is 78.8 Å². The van der Waals surface area contributed by atoms with Gasteiger partial charge in [0.1, 0.15) is 0 Å². The molecule has 0 aromatic rings. The van der Waals surface area contributed by atoms with Crippen molar-refractivity contribution in [1.82, 2.24) is 0 Å². The highest BCUT2D eigenvalue weighted by atomic mass is 16.5. The second-order valence-corrected chi connectivity index (χ2v) is 3.22. The van der Waals surface area contributed by atoms with Gasteiger partial charge in [0.2, 0.25) is 0 Å². The van der Waals surface area contributed by atoms with Gasteiger partial charge in [-0.2, -0.15) is 0 Å². The highest BCUT2D eigenvalue weighted by molar-refractivity contribution is 5.66. The molecule has 0 saturated heterocycles. The van der Waals surface area contributed by atoms with Crippen molar-refractivity contribution in [3.05, 3.63) is 0 Å². The van der Waals surface area contributed by atoms with Crippen molar-refractivity contribution in [2.75, 3.05) is 26.4 Å². The van der Waals surface area contributed by atoms with E-state index in [2.05, 4.69) is 13.8 Å². The van der Waals surface area contributed by atoms with Crippen LogP contribution < -0.4 is 0 Å². The Morgan fingerprint density at radius 1 is 1.23 bits per heavy atom. The summed E-state index contributed by atoms with van der Waals surface area (Å²) in [4.78, 5) is 10.1. The summed E-state index contributed by atoms with van der Waals surface area (Å²) in [5.41, 5.74) is 0. The fourth-order valence-electron chi connectivity index (χ4n) is 0.698. The highest BCUT2D eigenvalue weighted by Crippen LogP contribution is 1.92. The van der Waals surface area contributed by atoms with Gasteiger partial charge in [0.15, 0.2) is 0 Å². The van der Waals surface area contributed by atoms with Crippen molar-refractivity contribution in [1.29, 1.82) is 0 Å². The van der Waals surface area contributed by atoms with Crippen molar-refractivity contribution in [3.63, 3.8) is 0 Å². The molecule has 4 heteroatoms. The van der Waals surface area contributed by atoms with Crippen LogP contribution in [0.15, 0.2) is 0 Å². The number of carbonyl (C=O) groups is 1. The minimum Gasteiger partial charge on any atom is -0.481 e. The van der Waals surface area contributed by atoms with Gasteiger partial charge in [-0.15, -0.1) is 0 Å². The van der Waals surface area contributed by atoms with Gasteiger partial charge in [-0.1, -0.05) is 13.8 Å². The van der Waals surface area contributed by atoms with E-state index in [9.17, 15) is 4.79 Å². The molecule has 0 aromatic carbocycles. The van der Waals surface area contributed by atoms with E-state index >= 15 is 0 Å². The lowest BCUT2D eigenvalue weighted by molar-refractivity contribution is -0.138. The van der Waals surface area contributed by atoms with Crippen LogP contribution in [0.3, 0.4) is 0 Å². The number of hydrogen-bond donors (Lipinski definition) is 1. The average Bonchev–Trinajstić information content (AvgIpc) is 2.01. The Hall–Kier alpha value is -0.610. The Morgan fingerprint density at radius 3 is 2.38 bits per heavy atom. The van der Waals surface area contributed by atoms with Gasteiger partial charge < -0.3 is 14.6 Å². The largest absolute Gasteiger partial charge is 0.481 e. The minimum atomic E-state index is -0.830. The zero-order chi connectivity index (χ0) is 10.1. The van der Waals surface area contributed by atoms with Gasteiger partial charge >= 0.3 is 5.97 Å². The summed E-state index contributed by atoms with van der Waals surface area (Å²) in [7, 11) is 0. The van der Waals surface area contributed by atoms with Crippen molar-refractivity contribution in [2.24, 2.45) is 5.92 Å². The van der Waals surface area contributed by atoms with Gasteiger partial charge in [0.25, 0.3) is 0 Å². The second kappa shape index (κ2) is 8.01. The fourth-order valence-corrected chi connectivity index (χ4v) is 0.698. The second-order valence-electron chi connectivity index (χ2n) is 3.22. The molecule has 0 unspecified atom stereocenters. The summed E-state index contributed by atoms with van der Waals surface area (Å²) >= 11 is 0. The molecule has 0 bridgehead atoms. The van der Waals surface area contributed by atoms with E-state index in [1.807, 2.05) is 0 Å². The van der Waals surface area contributed by atoms with Gasteiger partial charge in [0, 0.05) is 6.61 Å². The number of hydrogen-bond acceptors (Lipinski definition) is 3. The first-order valence-electron chi connectivity index (χ1n) is 4.50. The molecule has 0 rings (SSSR count). The van der Waals surface area contributed by atoms with Crippen molar-refractivity contribution in [2.45, 2.75) is 20.3 Å². The van der Waals surface area contributed by atoms with Crippen LogP contribution in [0.5, 0.6) is 0 Å². The molecule has 0 fully saturated rings. The van der Waals surface area contributed by atoms with E-state index in [0.29, 0.717) is 19.1 Å². The monoisotopic (exact) mass is 190 g/mol. The smallest absolute Gasteiger partial charge is 0.305 e. The highest BCUT2D eigenvalue weighted by Gasteiger charge is 1.96. The van der Waals surface area contributed by atoms with Crippen LogP contribution in [0.1, 0.15) is 20.3 Å². The van der Waals surface area contributed by atoms with E-state index < -0.39 is 5.97 Å². The predicted octanol–water partition coefficient (Wildman–Crippen LogP) is 1.15. The van der Waals surface area contributed by atoms with Crippen molar-refractivity contribution >= 4 is 5.97 Å². The standard InChI is InChI=1S/C9H18O4/c1-8(2)7-13-6-5-12-4-3-9(10)11/h8H,3-7H2,1-2H3,(H,10,11). The Morgan fingerprint density at radius 2 is 1.85 bits per heavy atom. The molecule has 78 valence electrons. The van der Waals surface area contributed by atoms with Crippen LogP contribution in [0.2, 0.25) is 0 Å². The molecule has 13 heavy (non-hydrogen) atoms. The average molecular weight is 190 g/mol. The lowest BCUT2D eigenvalue weighted by Gasteiger charge is -2.06. The van der Waals surface area contributed by atoms with Crippen LogP contribution in [0.25, 0.3) is 0 Å². The first-order chi connectivity index (χ1) is 6.13. The van der Waals surface area contributed by atoms with Crippen LogP contribution in [-0.4, -0.2) is 37.5 Å². The summed E-state index contributed by atoms with van der Waals surface area (Å²) in [5.74, 6) is -0.304. The quantitative estimate of drug-likeness (QED) is 0.583. The Bertz CT molecular complexity index is 134. The fraction of sp³-hybridized carbons (Fsp3) is 0.889. The zero-order valence-electron chi connectivity index (χ0n) is 8.28. The molecule has 0 saturated carbocycles. The molecule has 0 amide bonds. The maximum absolute atomic E-state index is 10.1. The summed E-state index contributed by atoms with van der Waals surface area (Å²) in [5, 5.41) is 8.28. The molecular weight excluding hydrogens is 172 g/mol. The molecule has 0 aliphatic rings. The Balaban J connectivity index is 2.96. The molecule has 0 radical (unpaired) electrons. The molecule has 0 heterocycles. The van der Waals surface area contributed by atoms with Gasteiger partial charge in [-0.3, -0.25) is 4.79 Å². The predicted molar refractivity (Wildman–Crippen MR) is 48.7 cm³/mol. The number of ether oxygens (including phenoxy) is 2. The van der Waals surface area contributed by atoms with E-state index in [4.69, 9.17) is 14.6 Å². The van der Waals surface area contributed by atoms with Gasteiger partial charge in [-0.25, -0.2) is 0 Å². The summed E-state index contributed by atoms with van der Waals surface area (Å²) in [6, 6.07) is 0. The van der Waals surface area contributed by atoms with E-state index in [1.165, 1.54) is 0 Å². The number of carboxylic acid groups (broad SMARTS) is 1. The third-order valence-electron chi connectivity index (χ3n) is 1.28. The molecule has 0 aliphatic carbocycles. The van der Waals surface area contributed by atoms with E-state index in [-0.39, 0.29) is 13.0 Å². The molecule has 0 atom stereocenters. The van der Waals surface area contributed by atoms with Crippen LogP contribution in [0, 0.1) is 5.92 Å². The molecule has 0 aromatic heterocycles. The van der Waals surface area contributed by atoms with Gasteiger partial charge in [0.05, 0.1) is 26.2 Å². The lowest BCUT2D eigenvalue weighted by atomic mass is 10.2. The molecule has 4 nitrogen and oxygen atoms in total. The number of aliphatic carboxylic acids is 1. The van der Waals surface area contributed by atoms with Crippen molar-refractivity contribution < 1.29 is 19.4 Å². The number of rotatable bonds is 8. The maximum Gasteiger partial charge on any atom is 0.305 e. The normalized spacial score (nSPS) is 10.7. The molecule has 0 aliphatic heterocycles. The first kappa shape index (κ1) is 12.4. The zero-order valence-corrected chi connectivity index (χ0v) is 8.28. The summed E-state index contributed by atoms with van der Waals surface area (Å²) in [6.07, 6.45) is 0.0597.